The third kappa shape index (κ3) is 4.52. The number of hydrogen-bond donors (Lipinski definition) is 4. The van der Waals surface area contributed by atoms with Crippen LogP contribution in [0.4, 0.5) is 11.4 Å². The van der Waals surface area contributed by atoms with Crippen LogP contribution < -0.4 is 16.4 Å². The summed E-state index contributed by atoms with van der Waals surface area (Å²) >= 11 is 0. The molecule has 18 heavy (non-hydrogen) atoms. The highest BCUT2D eigenvalue weighted by Crippen LogP contribution is 2.15. The minimum Gasteiger partial charge on any atom is -0.409 e. The van der Waals surface area contributed by atoms with Gasteiger partial charge in [0.05, 0.1) is 6.42 Å². The number of anilines is 2. The van der Waals surface area contributed by atoms with Crippen LogP contribution in [-0.2, 0) is 9.59 Å². The number of oxime groups is 1. The van der Waals surface area contributed by atoms with E-state index in [1.54, 1.807) is 24.3 Å². The number of benzene rings is 1. The Morgan fingerprint density at radius 1 is 1.33 bits per heavy atom. The Bertz CT molecular complexity index is 485. The normalized spacial score (nSPS) is 10.8. The van der Waals surface area contributed by atoms with Gasteiger partial charge in [-0.3, -0.25) is 9.59 Å². The summed E-state index contributed by atoms with van der Waals surface area (Å²) in [7, 11) is 0. The molecular weight excluding hydrogens is 236 g/mol. The molecule has 1 rings (SSSR count). The van der Waals surface area contributed by atoms with Gasteiger partial charge in [0.25, 0.3) is 0 Å². The van der Waals surface area contributed by atoms with E-state index in [4.69, 9.17) is 10.9 Å². The Kier molecular flexibility index (Phi) is 4.67. The third-order valence-corrected chi connectivity index (χ3v) is 1.94. The van der Waals surface area contributed by atoms with Crippen molar-refractivity contribution in [2.45, 2.75) is 13.3 Å². The summed E-state index contributed by atoms with van der Waals surface area (Å²) in [5.41, 5.74) is 6.29. The smallest absolute Gasteiger partial charge is 0.232 e. The largest absolute Gasteiger partial charge is 0.409 e. The van der Waals surface area contributed by atoms with Gasteiger partial charge in [0.15, 0.2) is 0 Å². The fraction of sp³-hybridized carbons (Fsp3) is 0.182. The topological polar surface area (TPSA) is 117 Å². The molecule has 7 nitrogen and oxygen atoms in total. The minimum absolute atomic E-state index is 0.175. The summed E-state index contributed by atoms with van der Waals surface area (Å²) in [6.07, 6.45) is -0.207. The average Bonchev–Trinajstić information content (AvgIpc) is 2.28. The van der Waals surface area contributed by atoms with Gasteiger partial charge in [-0.15, -0.1) is 0 Å². The molecule has 0 fully saturated rings. The van der Waals surface area contributed by atoms with Crippen LogP contribution in [0.3, 0.4) is 0 Å². The molecule has 0 aliphatic heterocycles. The summed E-state index contributed by atoms with van der Waals surface area (Å²) in [6.45, 7) is 1.39. The van der Waals surface area contributed by atoms with Crippen molar-refractivity contribution in [1.29, 1.82) is 0 Å². The number of rotatable bonds is 4. The van der Waals surface area contributed by atoms with Crippen LogP contribution in [-0.4, -0.2) is 22.9 Å². The number of nitrogens with one attached hydrogen (secondary N) is 2. The van der Waals surface area contributed by atoms with E-state index in [0.29, 0.717) is 11.4 Å². The quantitative estimate of drug-likeness (QED) is 0.272. The molecule has 0 saturated carbocycles. The second-order valence-electron chi connectivity index (χ2n) is 3.58. The fourth-order valence-electron chi connectivity index (χ4n) is 1.28. The lowest BCUT2D eigenvalue weighted by Gasteiger charge is -2.07. The number of nitrogens with zero attached hydrogens (tertiary/aromatic N) is 1. The number of hydrogen-bond acceptors (Lipinski definition) is 4. The highest BCUT2D eigenvalue weighted by atomic mass is 16.4. The van der Waals surface area contributed by atoms with E-state index in [1.807, 2.05) is 0 Å². The van der Waals surface area contributed by atoms with Crippen molar-refractivity contribution < 1.29 is 14.8 Å². The summed E-state index contributed by atoms with van der Waals surface area (Å²) in [4.78, 5) is 22.3. The summed E-state index contributed by atoms with van der Waals surface area (Å²) < 4.78 is 0. The van der Waals surface area contributed by atoms with E-state index < -0.39 is 5.91 Å². The summed E-state index contributed by atoms with van der Waals surface area (Å²) in [5.74, 6) is -0.786. The zero-order valence-electron chi connectivity index (χ0n) is 9.80. The van der Waals surface area contributed by atoms with Gasteiger partial charge in [-0.25, -0.2) is 0 Å². The summed E-state index contributed by atoms with van der Waals surface area (Å²) in [6, 6.07) is 6.64. The number of carbonyl (C=O) groups excluding carboxylic acids is 2. The molecule has 0 heterocycles. The number of nitrogens with two attached hydrogens (primary N) is 1. The molecule has 0 atom stereocenters. The standard InChI is InChI=1S/C11H14N4O3/c1-7(16)13-8-3-2-4-9(5-8)14-11(17)6-10(12)15-18/h2-5,18H,6H2,1H3,(H2,12,15)(H,13,16)(H,14,17). The first-order chi connectivity index (χ1) is 8.51. The Hall–Kier alpha value is -2.57. The van der Waals surface area contributed by atoms with Crippen LogP contribution >= 0.6 is 0 Å². The summed E-state index contributed by atoms with van der Waals surface area (Å²) in [5, 5.41) is 16.2. The molecule has 0 aliphatic rings. The van der Waals surface area contributed by atoms with Crippen LogP contribution in [0.25, 0.3) is 0 Å². The molecule has 0 saturated heterocycles. The SMILES string of the molecule is CC(=O)Nc1cccc(NC(=O)C/C(N)=N/O)c1. The zero-order valence-corrected chi connectivity index (χ0v) is 9.80. The van der Waals surface area contributed by atoms with Crippen LogP contribution in [0, 0.1) is 0 Å². The van der Waals surface area contributed by atoms with Crippen molar-refractivity contribution in [3.63, 3.8) is 0 Å². The van der Waals surface area contributed by atoms with Gasteiger partial charge in [0.1, 0.15) is 5.84 Å². The second kappa shape index (κ2) is 6.24. The van der Waals surface area contributed by atoms with E-state index >= 15 is 0 Å². The zero-order chi connectivity index (χ0) is 13.5. The van der Waals surface area contributed by atoms with Crippen molar-refractivity contribution in [2.75, 3.05) is 10.6 Å². The first kappa shape index (κ1) is 13.5. The van der Waals surface area contributed by atoms with E-state index in [1.165, 1.54) is 6.92 Å². The lowest BCUT2D eigenvalue weighted by atomic mass is 10.2. The Balaban J connectivity index is 2.67. The first-order valence-corrected chi connectivity index (χ1v) is 5.15. The van der Waals surface area contributed by atoms with E-state index in [2.05, 4.69) is 15.8 Å². The lowest BCUT2D eigenvalue weighted by molar-refractivity contribution is -0.115. The Labute approximate surface area is 104 Å². The van der Waals surface area contributed by atoms with E-state index in [-0.39, 0.29) is 18.2 Å². The van der Waals surface area contributed by atoms with Gasteiger partial charge in [-0.1, -0.05) is 11.2 Å². The van der Waals surface area contributed by atoms with Gasteiger partial charge < -0.3 is 21.6 Å². The first-order valence-electron chi connectivity index (χ1n) is 5.15. The Morgan fingerprint density at radius 3 is 2.50 bits per heavy atom. The molecule has 0 spiro atoms. The predicted octanol–water partition coefficient (Wildman–Crippen LogP) is 0.720. The van der Waals surface area contributed by atoms with E-state index in [9.17, 15) is 9.59 Å². The van der Waals surface area contributed by atoms with Crippen LogP contribution in [0.15, 0.2) is 29.4 Å². The van der Waals surface area contributed by atoms with Gasteiger partial charge in [0, 0.05) is 18.3 Å². The molecule has 5 N–H and O–H groups in total. The number of amidine groups is 1. The second-order valence-corrected chi connectivity index (χ2v) is 3.58. The molecule has 0 aromatic heterocycles. The third-order valence-electron chi connectivity index (χ3n) is 1.94. The van der Waals surface area contributed by atoms with Gasteiger partial charge in [-0.2, -0.15) is 0 Å². The molecule has 7 heteroatoms. The van der Waals surface area contributed by atoms with Gasteiger partial charge >= 0.3 is 0 Å². The van der Waals surface area contributed by atoms with Crippen LogP contribution in [0.2, 0.25) is 0 Å². The molecule has 96 valence electrons. The van der Waals surface area contributed by atoms with Crippen molar-refractivity contribution in [2.24, 2.45) is 10.9 Å². The molecule has 1 aromatic carbocycles. The molecule has 0 aliphatic carbocycles. The highest BCUT2D eigenvalue weighted by molar-refractivity contribution is 6.05. The monoisotopic (exact) mass is 250 g/mol. The fourth-order valence-corrected chi connectivity index (χ4v) is 1.28. The van der Waals surface area contributed by atoms with Crippen molar-refractivity contribution in [3.05, 3.63) is 24.3 Å². The molecular formula is C11H14N4O3. The average molecular weight is 250 g/mol. The molecule has 0 bridgehead atoms. The van der Waals surface area contributed by atoms with Crippen molar-refractivity contribution >= 4 is 29.0 Å². The highest BCUT2D eigenvalue weighted by Gasteiger charge is 2.06. The van der Waals surface area contributed by atoms with Crippen LogP contribution in [0.5, 0.6) is 0 Å². The number of amides is 2. The van der Waals surface area contributed by atoms with Gasteiger partial charge in [-0.05, 0) is 18.2 Å². The maximum atomic E-state index is 11.4. The van der Waals surface area contributed by atoms with Crippen molar-refractivity contribution in [3.8, 4) is 0 Å². The predicted molar refractivity (Wildman–Crippen MR) is 67.4 cm³/mol. The molecule has 0 unspecified atom stereocenters. The maximum Gasteiger partial charge on any atom is 0.232 e. The molecule has 2 amide bonds. The van der Waals surface area contributed by atoms with E-state index in [0.717, 1.165) is 0 Å². The maximum absolute atomic E-state index is 11.4. The number of carbonyl (C=O) groups is 2. The minimum atomic E-state index is -0.412. The van der Waals surface area contributed by atoms with Crippen LogP contribution in [0.1, 0.15) is 13.3 Å². The lowest BCUT2D eigenvalue weighted by Crippen LogP contribution is -2.22. The Morgan fingerprint density at radius 2 is 1.94 bits per heavy atom. The molecule has 0 radical (unpaired) electrons. The van der Waals surface area contributed by atoms with Gasteiger partial charge in [0.2, 0.25) is 11.8 Å². The van der Waals surface area contributed by atoms with Crippen molar-refractivity contribution in [1.82, 2.24) is 0 Å². The molecule has 1 aromatic rings.